The Hall–Kier alpha value is -2.62. The van der Waals surface area contributed by atoms with Gasteiger partial charge in [0.2, 0.25) is 0 Å². The van der Waals surface area contributed by atoms with Crippen molar-refractivity contribution < 1.29 is 14.8 Å². The van der Waals surface area contributed by atoms with Crippen molar-refractivity contribution in [3.63, 3.8) is 0 Å². The van der Waals surface area contributed by atoms with Gasteiger partial charge >= 0.3 is 5.97 Å². The number of hydrogen-bond donors (Lipinski definition) is 2. The summed E-state index contributed by atoms with van der Waals surface area (Å²) in [5, 5.41) is 30.6. The maximum atomic E-state index is 10.6. The lowest BCUT2D eigenvalue weighted by Gasteiger charge is -2.11. The zero-order chi connectivity index (χ0) is 13.0. The Kier molecular flexibility index (Phi) is 3.62. The number of hydrogen-bond acceptors (Lipinski definition) is 5. The van der Waals surface area contributed by atoms with Crippen molar-refractivity contribution in [2.75, 3.05) is 5.32 Å². The minimum atomic E-state index is -1.08. The highest BCUT2D eigenvalue weighted by molar-refractivity contribution is 5.78. The van der Waals surface area contributed by atoms with Crippen molar-refractivity contribution in [1.29, 1.82) is 5.26 Å². The molecule has 1 aromatic carbocycles. The molecule has 0 amide bonds. The van der Waals surface area contributed by atoms with Gasteiger partial charge in [-0.1, -0.05) is 0 Å². The van der Waals surface area contributed by atoms with Gasteiger partial charge in [-0.25, -0.2) is 0 Å². The van der Waals surface area contributed by atoms with Crippen LogP contribution in [0, 0.1) is 21.4 Å². The van der Waals surface area contributed by atoms with Gasteiger partial charge in [-0.2, -0.15) is 5.26 Å². The maximum absolute atomic E-state index is 10.6. The van der Waals surface area contributed by atoms with E-state index in [1.54, 1.807) is 6.07 Å². The number of carboxylic acids is 1. The zero-order valence-electron chi connectivity index (χ0n) is 8.88. The van der Waals surface area contributed by atoms with Crippen LogP contribution in [0.5, 0.6) is 0 Å². The summed E-state index contributed by atoms with van der Waals surface area (Å²) < 4.78 is 0. The summed E-state index contributed by atoms with van der Waals surface area (Å²) in [6, 6.07) is 4.51. The number of nitro groups is 1. The molecule has 0 unspecified atom stereocenters. The summed E-state index contributed by atoms with van der Waals surface area (Å²) in [4.78, 5) is 20.5. The molecule has 0 aliphatic rings. The Morgan fingerprint density at radius 3 is 2.76 bits per heavy atom. The molecule has 0 aromatic heterocycles. The topological polar surface area (TPSA) is 116 Å². The second-order valence-electron chi connectivity index (χ2n) is 3.30. The normalized spacial score (nSPS) is 11.3. The summed E-state index contributed by atoms with van der Waals surface area (Å²) in [7, 11) is 0. The van der Waals surface area contributed by atoms with Crippen LogP contribution < -0.4 is 5.32 Å². The lowest BCUT2D eigenvalue weighted by atomic mass is 10.1. The van der Waals surface area contributed by atoms with E-state index in [9.17, 15) is 14.9 Å². The van der Waals surface area contributed by atoms with Gasteiger partial charge in [0.25, 0.3) is 5.69 Å². The number of carbonyl (C=O) groups is 1. The molecule has 0 saturated carbocycles. The average Bonchev–Trinajstić information content (AvgIpc) is 2.28. The van der Waals surface area contributed by atoms with Crippen molar-refractivity contribution in [3.05, 3.63) is 33.9 Å². The third-order valence-electron chi connectivity index (χ3n) is 2.08. The van der Waals surface area contributed by atoms with Crippen molar-refractivity contribution in [2.45, 2.75) is 13.0 Å². The lowest BCUT2D eigenvalue weighted by molar-refractivity contribution is -0.384. The Morgan fingerprint density at radius 2 is 2.29 bits per heavy atom. The van der Waals surface area contributed by atoms with E-state index < -0.39 is 16.9 Å². The van der Waals surface area contributed by atoms with E-state index in [0.717, 1.165) is 6.07 Å². The molecule has 0 radical (unpaired) electrons. The quantitative estimate of drug-likeness (QED) is 0.601. The number of anilines is 1. The lowest BCUT2D eigenvalue weighted by Crippen LogP contribution is -2.25. The summed E-state index contributed by atoms with van der Waals surface area (Å²) >= 11 is 0. The minimum absolute atomic E-state index is 0.0345. The smallest absolute Gasteiger partial charge is 0.325 e. The molecule has 1 aromatic rings. The van der Waals surface area contributed by atoms with E-state index in [4.69, 9.17) is 10.4 Å². The molecule has 7 nitrogen and oxygen atoms in total. The molecule has 0 aliphatic heterocycles. The van der Waals surface area contributed by atoms with E-state index in [1.807, 2.05) is 0 Å². The molecule has 1 rings (SSSR count). The Labute approximate surface area is 96.4 Å². The molecule has 0 bridgehead atoms. The van der Waals surface area contributed by atoms with Crippen LogP contribution in [0.2, 0.25) is 0 Å². The second-order valence-corrected chi connectivity index (χ2v) is 3.30. The predicted molar refractivity (Wildman–Crippen MR) is 58.5 cm³/mol. The van der Waals surface area contributed by atoms with Crippen LogP contribution in [0.4, 0.5) is 11.4 Å². The van der Waals surface area contributed by atoms with Crippen LogP contribution in [-0.2, 0) is 4.79 Å². The minimum Gasteiger partial charge on any atom is -0.480 e. The first-order valence-corrected chi connectivity index (χ1v) is 4.63. The predicted octanol–water partition coefficient (Wildman–Crippen LogP) is 1.35. The van der Waals surface area contributed by atoms with Crippen molar-refractivity contribution >= 4 is 17.3 Å². The summed E-state index contributed by atoms with van der Waals surface area (Å²) in [6.07, 6.45) is 0. The molecule has 0 spiro atoms. The molecule has 2 N–H and O–H groups in total. The molecular formula is C10H9N3O4. The number of nitrogens with zero attached hydrogens (tertiary/aromatic N) is 2. The van der Waals surface area contributed by atoms with E-state index in [1.165, 1.54) is 19.1 Å². The number of carboxylic acid groups (broad SMARTS) is 1. The molecule has 88 valence electrons. The highest BCUT2D eigenvalue weighted by Crippen LogP contribution is 2.21. The fourth-order valence-corrected chi connectivity index (χ4v) is 1.16. The third-order valence-corrected chi connectivity index (χ3v) is 2.08. The SMILES string of the molecule is C[C@H](Nc1ccc([N+](=O)[O-])cc1C#N)C(=O)O. The first-order valence-electron chi connectivity index (χ1n) is 4.63. The molecule has 0 aliphatic carbocycles. The van der Waals surface area contributed by atoms with Crippen LogP contribution in [0.15, 0.2) is 18.2 Å². The summed E-state index contributed by atoms with van der Waals surface area (Å²) in [5.41, 5.74) is 0.0791. The van der Waals surface area contributed by atoms with E-state index in [0.29, 0.717) is 0 Å². The first-order chi connectivity index (χ1) is 7.95. The maximum Gasteiger partial charge on any atom is 0.325 e. The zero-order valence-corrected chi connectivity index (χ0v) is 8.88. The third kappa shape index (κ3) is 2.92. The van der Waals surface area contributed by atoms with Gasteiger partial charge in [-0.05, 0) is 13.0 Å². The molecule has 7 heteroatoms. The van der Waals surface area contributed by atoms with Crippen LogP contribution in [0.3, 0.4) is 0 Å². The summed E-state index contributed by atoms with van der Waals surface area (Å²) in [6.45, 7) is 1.41. The number of nitriles is 1. The molecule has 0 saturated heterocycles. The number of nitrogens with one attached hydrogen (secondary N) is 1. The monoisotopic (exact) mass is 235 g/mol. The molecular weight excluding hydrogens is 226 g/mol. The van der Waals surface area contributed by atoms with E-state index >= 15 is 0 Å². The average molecular weight is 235 g/mol. The van der Waals surface area contributed by atoms with E-state index in [2.05, 4.69) is 5.32 Å². The van der Waals surface area contributed by atoms with Gasteiger partial charge in [-0.3, -0.25) is 14.9 Å². The van der Waals surface area contributed by atoms with Crippen LogP contribution in [0.25, 0.3) is 0 Å². The highest BCUT2D eigenvalue weighted by Gasteiger charge is 2.15. The number of nitro benzene ring substituents is 1. The van der Waals surface area contributed by atoms with Crippen LogP contribution in [-0.4, -0.2) is 22.0 Å². The highest BCUT2D eigenvalue weighted by atomic mass is 16.6. The number of rotatable bonds is 4. The Balaban J connectivity index is 3.06. The van der Waals surface area contributed by atoms with Gasteiger partial charge in [0.05, 0.1) is 16.2 Å². The largest absolute Gasteiger partial charge is 0.480 e. The fraction of sp³-hybridized carbons (Fsp3) is 0.200. The van der Waals surface area contributed by atoms with Gasteiger partial charge in [-0.15, -0.1) is 0 Å². The second kappa shape index (κ2) is 4.94. The van der Waals surface area contributed by atoms with Crippen molar-refractivity contribution in [2.24, 2.45) is 0 Å². The van der Waals surface area contributed by atoms with E-state index in [-0.39, 0.29) is 16.9 Å². The molecule has 0 heterocycles. The first kappa shape index (κ1) is 12.4. The van der Waals surface area contributed by atoms with Gasteiger partial charge in [0, 0.05) is 12.1 Å². The van der Waals surface area contributed by atoms with Crippen LogP contribution in [0.1, 0.15) is 12.5 Å². The number of benzene rings is 1. The van der Waals surface area contributed by atoms with Crippen molar-refractivity contribution in [1.82, 2.24) is 0 Å². The van der Waals surface area contributed by atoms with Gasteiger partial charge in [0.15, 0.2) is 0 Å². The molecule has 17 heavy (non-hydrogen) atoms. The van der Waals surface area contributed by atoms with Gasteiger partial charge in [0.1, 0.15) is 12.1 Å². The Bertz CT molecular complexity index is 507. The summed E-state index contributed by atoms with van der Waals surface area (Å²) in [5.74, 6) is -1.08. The molecule has 1 atom stereocenters. The van der Waals surface area contributed by atoms with Crippen LogP contribution >= 0.6 is 0 Å². The van der Waals surface area contributed by atoms with Crippen molar-refractivity contribution in [3.8, 4) is 6.07 Å². The fourth-order valence-electron chi connectivity index (χ4n) is 1.16. The number of aliphatic carboxylic acids is 1. The number of non-ortho nitro benzene ring substituents is 1. The van der Waals surface area contributed by atoms with Gasteiger partial charge < -0.3 is 10.4 Å². The standard InChI is InChI=1S/C10H9N3O4/c1-6(10(14)15)12-9-3-2-8(13(16)17)4-7(9)5-11/h2-4,6,12H,1H3,(H,14,15)/t6-/m0/s1. The Morgan fingerprint density at radius 1 is 1.65 bits per heavy atom. The molecule has 0 fully saturated rings.